The van der Waals surface area contributed by atoms with Crippen LogP contribution in [0.4, 0.5) is 11.4 Å². The zero-order valence-electron chi connectivity index (χ0n) is 12.4. The van der Waals surface area contributed by atoms with Crippen molar-refractivity contribution >= 4 is 40.8 Å². The number of hydrogen-bond acceptors (Lipinski definition) is 4. The van der Waals surface area contributed by atoms with Crippen molar-refractivity contribution in [2.45, 2.75) is 9.79 Å². The van der Waals surface area contributed by atoms with Crippen LogP contribution in [0.1, 0.15) is 0 Å². The minimum atomic E-state index is 0.0277. The third kappa shape index (κ3) is 3.59. The molecule has 1 heterocycles. The highest BCUT2D eigenvalue weighted by Crippen LogP contribution is 2.34. The average molecular weight is 330 g/mol. The third-order valence-corrected chi connectivity index (χ3v) is 5.28. The number of nitrogens with zero attached hydrogens (tertiary/aromatic N) is 1. The number of carbonyl (C=O) groups is 1. The molecule has 0 aromatic heterocycles. The van der Waals surface area contributed by atoms with Gasteiger partial charge < -0.3 is 10.2 Å². The van der Waals surface area contributed by atoms with E-state index in [1.54, 1.807) is 11.8 Å². The van der Waals surface area contributed by atoms with Crippen LogP contribution in [0.3, 0.4) is 0 Å². The second-order valence-corrected chi connectivity index (χ2v) is 7.03. The fourth-order valence-electron chi connectivity index (χ4n) is 2.47. The van der Waals surface area contributed by atoms with Crippen molar-refractivity contribution in [1.82, 2.24) is 0 Å². The minimum absolute atomic E-state index is 0.0277. The van der Waals surface area contributed by atoms with E-state index >= 15 is 0 Å². The normalized spacial score (nSPS) is 13.6. The Kier molecular flexibility index (Phi) is 4.95. The van der Waals surface area contributed by atoms with Gasteiger partial charge in [0.25, 0.3) is 0 Å². The Morgan fingerprint density at radius 1 is 1.27 bits per heavy atom. The molecule has 1 N–H and O–H groups in total. The summed E-state index contributed by atoms with van der Waals surface area (Å²) in [4.78, 5) is 16.9. The molecule has 1 amide bonds. The summed E-state index contributed by atoms with van der Waals surface area (Å²) in [6, 6.07) is 16.2. The molecule has 2 aromatic rings. The lowest BCUT2D eigenvalue weighted by atomic mass is 10.2. The summed E-state index contributed by atoms with van der Waals surface area (Å²) in [6.45, 7) is 1.29. The lowest BCUT2D eigenvalue weighted by molar-refractivity contribution is -0.115. The second-order valence-electron chi connectivity index (χ2n) is 5.02. The van der Waals surface area contributed by atoms with Crippen molar-refractivity contribution < 1.29 is 4.79 Å². The molecule has 3 nitrogen and oxygen atoms in total. The van der Waals surface area contributed by atoms with Crippen molar-refractivity contribution in [1.29, 1.82) is 0 Å². The van der Waals surface area contributed by atoms with Crippen LogP contribution in [0.25, 0.3) is 0 Å². The predicted molar refractivity (Wildman–Crippen MR) is 96.2 cm³/mol. The molecule has 22 heavy (non-hydrogen) atoms. The smallest absolute Gasteiger partial charge is 0.243 e. The molecule has 0 radical (unpaired) electrons. The van der Waals surface area contributed by atoms with Crippen LogP contribution in [0.5, 0.6) is 0 Å². The van der Waals surface area contributed by atoms with Crippen molar-refractivity contribution in [2.24, 2.45) is 0 Å². The van der Waals surface area contributed by atoms with Gasteiger partial charge in [0.2, 0.25) is 5.91 Å². The van der Waals surface area contributed by atoms with E-state index in [-0.39, 0.29) is 5.91 Å². The Bertz CT molecular complexity index is 675. The van der Waals surface area contributed by atoms with Crippen LogP contribution >= 0.6 is 23.5 Å². The quantitative estimate of drug-likeness (QED) is 0.860. The first-order valence-electron chi connectivity index (χ1n) is 7.17. The first kappa shape index (κ1) is 15.3. The van der Waals surface area contributed by atoms with Crippen LogP contribution in [0.2, 0.25) is 0 Å². The van der Waals surface area contributed by atoms with Crippen LogP contribution in [0, 0.1) is 0 Å². The molecule has 0 unspecified atom stereocenters. The zero-order valence-corrected chi connectivity index (χ0v) is 14.0. The van der Waals surface area contributed by atoms with E-state index in [0.717, 1.165) is 28.6 Å². The Hall–Kier alpha value is -1.59. The topological polar surface area (TPSA) is 32.3 Å². The number of thioether (sulfide) groups is 2. The highest BCUT2D eigenvalue weighted by Gasteiger charge is 2.19. The molecule has 0 saturated heterocycles. The number of nitrogens with one attached hydrogen (secondary N) is 1. The van der Waals surface area contributed by atoms with Gasteiger partial charge in [-0.2, -0.15) is 0 Å². The molecule has 3 rings (SSSR count). The Balaban J connectivity index is 1.67. The molecule has 1 aliphatic heterocycles. The Morgan fingerprint density at radius 3 is 3.00 bits per heavy atom. The lowest BCUT2D eigenvalue weighted by Gasteiger charge is -2.30. The molecule has 0 saturated carbocycles. The van der Waals surface area contributed by atoms with Crippen LogP contribution in [-0.4, -0.2) is 31.0 Å². The van der Waals surface area contributed by atoms with E-state index in [1.807, 2.05) is 54.4 Å². The van der Waals surface area contributed by atoms with Crippen molar-refractivity contribution in [3.05, 3.63) is 48.5 Å². The van der Waals surface area contributed by atoms with Gasteiger partial charge in [-0.05, 0) is 36.6 Å². The Labute approximate surface area is 139 Å². The molecule has 5 heteroatoms. The fraction of sp³-hybridized carbons (Fsp3) is 0.235. The summed E-state index contributed by atoms with van der Waals surface area (Å²) in [7, 11) is 0. The second kappa shape index (κ2) is 7.11. The first-order valence-corrected chi connectivity index (χ1v) is 9.38. The lowest BCUT2D eigenvalue weighted by Crippen LogP contribution is -2.36. The van der Waals surface area contributed by atoms with E-state index in [0.29, 0.717) is 6.54 Å². The van der Waals surface area contributed by atoms with E-state index in [2.05, 4.69) is 22.3 Å². The highest BCUT2D eigenvalue weighted by atomic mass is 32.2. The van der Waals surface area contributed by atoms with Crippen LogP contribution < -0.4 is 10.2 Å². The summed E-state index contributed by atoms with van der Waals surface area (Å²) >= 11 is 3.52. The van der Waals surface area contributed by atoms with E-state index in [9.17, 15) is 4.79 Å². The number of amides is 1. The number of carbonyl (C=O) groups excluding carboxylic acids is 1. The molecule has 114 valence electrons. The van der Waals surface area contributed by atoms with E-state index < -0.39 is 0 Å². The summed E-state index contributed by atoms with van der Waals surface area (Å²) < 4.78 is 0. The van der Waals surface area contributed by atoms with Crippen molar-refractivity contribution in [2.75, 3.05) is 35.3 Å². The largest absolute Gasteiger partial charge is 0.360 e. The average Bonchev–Trinajstić information content (AvgIpc) is 2.55. The van der Waals surface area contributed by atoms with Gasteiger partial charge in [-0.15, -0.1) is 23.5 Å². The number of rotatable bonds is 4. The summed E-state index contributed by atoms with van der Waals surface area (Å²) in [5, 5.41) is 2.99. The van der Waals surface area contributed by atoms with E-state index in [1.165, 1.54) is 4.90 Å². The van der Waals surface area contributed by atoms with Gasteiger partial charge in [0.05, 0.1) is 12.2 Å². The van der Waals surface area contributed by atoms with Crippen LogP contribution in [-0.2, 0) is 4.79 Å². The van der Waals surface area contributed by atoms with Gasteiger partial charge in [0, 0.05) is 27.8 Å². The maximum absolute atomic E-state index is 12.3. The van der Waals surface area contributed by atoms with Gasteiger partial charge in [0.1, 0.15) is 0 Å². The minimum Gasteiger partial charge on any atom is -0.360 e. The Morgan fingerprint density at radius 2 is 2.14 bits per heavy atom. The fourth-order valence-corrected chi connectivity index (χ4v) is 3.98. The number of fused-ring (bicyclic) bond motifs is 1. The third-order valence-electron chi connectivity index (χ3n) is 3.51. The molecule has 0 bridgehead atoms. The maximum Gasteiger partial charge on any atom is 0.243 e. The molecule has 1 aliphatic rings. The van der Waals surface area contributed by atoms with Gasteiger partial charge >= 0.3 is 0 Å². The molecular weight excluding hydrogens is 312 g/mol. The van der Waals surface area contributed by atoms with Gasteiger partial charge in [-0.25, -0.2) is 0 Å². The van der Waals surface area contributed by atoms with Crippen molar-refractivity contribution in [3.8, 4) is 0 Å². The molecule has 0 spiro atoms. The van der Waals surface area contributed by atoms with Gasteiger partial charge in [-0.3, -0.25) is 4.79 Å². The summed E-state index contributed by atoms with van der Waals surface area (Å²) in [5.41, 5.74) is 2.02. The van der Waals surface area contributed by atoms with Gasteiger partial charge in [0.15, 0.2) is 0 Å². The number of para-hydroxylation sites is 1. The number of anilines is 2. The summed E-state index contributed by atoms with van der Waals surface area (Å²) in [5.74, 6) is 1.05. The van der Waals surface area contributed by atoms with Crippen LogP contribution in [0.15, 0.2) is 58.3 Å². The molecule has 0 aliphatic carbocycles. The number of benzene rings is 2. The molecule has 0 fully saturated rings. The van der Waals surface area contributed by atoms with Crippen molar-refractivity contribution in [3.63, 3.8) is 0 Å². The SMILES string of the molecule is CSc1cccc(NC(=O)CN2CCSc3ccccc32)c1. The summed E-state index contributed by atoms with van der Waals surface area (Å²) in [6.07, 6.45) is 2.03. The predicted octanol–water partition coefficient (Wildman–Crippen LogP) is 3.96. The highest BCUT2D eigenvalue weighted by molar-refractivity contribution is 7.99. The molecular formula is C17H18N2OS2. The monoisotopic (exact) mass is 330 g/mol. The first-order chi connectivity index (χ1) is 10.8. The molecule has 0 atom stereocenters. The number of hydrogen-bond donors (Lipinski definition) is 1. The maximum atomic E-state index is 12.3. The van der Waals surface area contributed by atoms with E-state index in [4.69, 9.17) is 0 Å². The van der Waals surface area contributed by atoms with Gasteiger partial charge in [-0.1, -0.05) is 18.2 Å². The zero-order chi connectivity index (χ0) is 15.4. The molecule has 2 aromatic carbocycles. The standard InChI is InChI=1S/C17H18N2OS2/c1-21-14-6-4-5-13(11-14)18-17(20)12-19-9-10-22-16-8-3-2-7-15(16)19/h2-8,11H,9-10,12H2,1H3,(H,18,20).